The number of nitrogens with two attached hydrogens (primary N) is 1. The molecule has 0 spiro atoms. The molecule has 0 aliphatic heterocycles. The Balaban J connectivity index is 3.08. The normalized spacial score (nSPS) is 12.4. The van der Waals surface area contributed by atoms with Crippen molar-refractivity contribution in [3.63, 3.8) is 0 Å². The van der Waals surface area contributed by atoms with Crippen molar-refractivity contribution in [1.29, 1.82) is 0 Å². The number of amides is 1. The molecular weight excluding hydrogens is 446 g/mol. The number of hydrogen-bond donors (Lipinski definition) is 3. The lowest BCUT2D eigenvalue weighted by molar-refractivity contribution is -0.121. The molecule has 1 amide bonds. The lowest BCUT2D eigenvalue weighted by Gasteiger charge is -2.22. The Morgan fingerprint density at radius 3 is 2.21 bits per heavy atom. The molecule has 0 atom stereocenters. The summed E-state index contributed by atoms with van der Waals surface area (Å²) in [6, 6.07) is 3.60. The molecule has 0 heterocycles. The second-order valence-corrected chi connectivity index (χ2v) is 6.93. The van der Waals surface area contributed by atoms with Crippen LogP contribution in [0, 0.1) is 5.41 Å². The largest absolute Gasteiger partial charge is 0.409 e. The van der Waals surface area contributed by atoms with Crippen LogP contribution < -0.4 is 11.1 Å². The molecule has 0 saturated carbocycles. The van der Waals surface area contributed by atoms with E-state index in [-0.39, 0.29) is 11.7 Å². The van der Waals surface area contributed by atoms with Gasteiger partial charge in [0.05, 0.1) is 5.69 Å². The fourth-order valence-electron chi connectivity index (χ4n) is 1.17. The number of carbonyl (C=O) groups excluding carboxylic acids is 1. The third-order valence-electron chi connectivity index (χ3n) is 2.56. The molecule has 0 aromatic heterocycles. The zero-order valence-corrected chi connectivity index (χ0v) is 14.9. The molecule has 0 saturated heterocycles. The Hall–Kier alpha value is -0.600. The number of nitrogens with zero attached hydrogens (tertiary/aromatic N) is 1. The maximum Gasteiger partial charge on any atom is 0.237 e. The van der Waals surface area contributed by atoms with E-state index in [1.165, 1.54) is 0 Å². The zero-order chi connectivity index (χ0) is 14.8. The first-order valence-electron chi connectivity index (χ1n) is 5.14. The van der Waals surface area contributed by atoms with Gasteiger partial charge < -0.3 is 16.3 Å². The monoisotopic (exact) mass is 455 g/mol. The molecule has 104 valence electrons. The average molecular weight is 458 g/mol. The van der Waals surface area contributed by atoms with E-state index in [2.05, 4.69) is 58.3 Å². The summed E-state index contributed by atoms with van der Waals surface area (Å²) in [5, 5.41) is 14.3. The molecule has 1 aromatic rings. The predicted octanol–water partition coefficient (Wildman–Crippen LogP) is 3.69. The number of benzene rings is 1. The Morgan fingerprint density at radius 2 is 1.79 bits per heavy atom. The molecule has 8 heteroatoms. The number of hydrogen-bond acceptors (Lipinski definition) is 3. The van der Waals surface area contributed by atoms with Gasteiger partial charge in [-0.15, -0.1) is 0 Å². The van der Waals surface area contributed by atoms with Crippen LogP contribution in [-0.2, 0) is 4.79 Å². The first kappa shape index (κ1) is 16.5. The SMILES string of the molecule is CC(C)(C(=O)Nc1c(Br)cc(Br)cc1Br)C(N)=NO. The van der Waals surface area contributed by atoms with Crippen LogP contribution in [0.1, 0.15) is 13.8 Å². The molecule has 0 bridgehead atoms. The van der Waals surface area contributed by atoms with Gasteiger partial charge in [0.1, 0.15) is 5.41 Å². The van der Waals surface area contributed by atoms with Gasteiger partial charge in [-0.25, -0.2) is 0 Å². The fourth-order valence-corrected chi connectivity index (χ4v) is 3.63. The molecule has 0 fully saturated rings. The molecule has 5 nitrogen and oxygen atoms in total. The van der Waals surface area contributed by atoms with Gasteiger partial charge in [0.25, 0.3) is 0 Å². The molecule has 0 unspecified atom stereocenters. The summed E-state index contributed by atoms with van der Waals surface area (Å²) in [4.78, 5) is 12.2. The summed E-state index contributed by atoms with van der Waals surface area (Å²) < 4.78 is 2.27. The molecule has 1 rings (SSSR count). The summed E-state index contributed by atoms with van der Waals surface area (Å²) in [6.07, 6.45) is 0. The smallest absolute Gasteiger partial charge is 0.237 e. The van der Waals surface area contributed by atoms with Crippen LogP contribution in [0.2, 0.25) is 0 Å². The summed E-state index contributed by atoms with van der Waals surface area (Å²) in [5.74, 6) is -0.541. The van der Waals surface area contributed by atoms with Crippen molar-refractivity contribution in [3.05, 3.63) is 25.6 Å². The van der Waals surface area contributed by atoms with Gasteiger partial charge >= 0.3 is 0 Å². The second-order valence-electron chi connectivity index (χ2n) is 4.31. The average Bonchev–Trinajstić information content (AvgIpc) is 2.31. The third kappa shape index (κ3) is 3.70. The van der Waals surface area contributed by atoms with E-state index in [0.717, 1.165) is 4.47 Å². The predicted molar refractivity (Wildman–Crippen MR) is 85.4 cm³/mol. The summed E-state index contributed by atoms with van der Waals surface area (Å²) >= 11 is 10.1. The van der Waals surface area contributed by atoms with E-state index < -0.39 is 5.41 Å². The van der Waals surface area contributed by atoms with E-state index in [1.807, 2.05) is 0 Å². The Kier molecular flexibility index (Phi) is 5.40. The highest BCUT2D eigenvalue weighted by Crippen LogP contribution is 2.35. The van der Waals surface area contributed by atoms with Crippen molar-refractivity contribution >= 4 is 65.2 Å². The number of amidine groups is 1. The fraction of sp³-hybridized carbons (Fsp3) is 0.273. The van der Waals surface area contributed by atoms with Gasteiger partial charge in [0.2, 0.25) is 5.91 Å². The van der Waals surface area contributed by atoms with E-state index >= 15 is 0 Å². The molecular formula is C11H12Br3N3O2. The number of anilines is 1. The highest BCUT2D eigenvalue weighted by molar-refractivity contribution is 9.11. The summed E-state index contributed by atoms with van der Waals surface area (Å²) in [6.45, 7) is 3.14. The quantitative estimate of drug-likeness (QED) is 0.280. The highest BCUT2D eigenvalue weighted by atomic mass is 79.9. The minimum atomic E-state index is -1.12. The molecule has 0 radical (unpaired) electrons. The maximum absolute atomic E-state index is 12.2. The van der Waals surface area contributed by atoms with Gasteiger partial charge in [-0.05, 0) is 57.8 Å². The molecule has 1 aromatic carbocycles. The third-order valence-corrected chi connectivity index (χ3v) is 4.27. The van der Waals surface area contributed by atoms with E-state index in [4.69, 9.17) is 10.9 Å². The standard InChI is InChI=1S/C11H12Br3N3O2/c1-11(2,9(15)17-19)10(18)16-8-6(13)3-5(12)4-7(8)14/h3-4,19H,1-2H3,(H2,15,17)(H,16,18). The Labute approximate surface area is 136 Å². The lowest BCUT2D eigenvalue weighted by atomic mass is 9.91. The van der Waals surface area contributed by atoms with Crippen molar-refractivity contribution < 1.29 is 10.0 Å². The summed E-state index contributed by atoms with van der Waals surface area (Å²) in [5.41, 5.74) is 4.97. The van der Waals surface area contributed by atoms with Crippen molar-refractivity contribution in [1.82, 2.24) is 0 Å². The number of nitrogens with one attached hydrogen (secondary N) is 1. The molecule has 4 N–H and O–H groups in total. The first-order valence-corrected chi connectivity index (χ1v) is 7.52. The van der Waals surface area contributed by atoms with Gasteiger partial charge in [0.15, 0.2) is 5.84 Å². The Morgan fingerprint density at radius 1 is 1.32 bits per heavy atom. The van der Waals surface area contributed by atoms with Crippen LogP contribution >= 0.6 is 47.8 Å². The van der Waals surface area contributed by atoms with E-state index in [9.17, 15) is 4.79 Å². The first-order chi connectivity index (χ1) is 8.70. The van der Waals surface area contributed by atoms with Crippen molar-refractivity contribution in [2.24, 2.45) is 16.3 Å². The van der Waals surface area contributed by atoms with Gasteiger partial charge in [-0.2, -0.15) is 0 Å². The number of carbonyl (C=O) groups is 1. The van der Waals surface area contributed by atoms with Crippen LogP contribution in [0.4, 0.5) is 5.69 Å². The molecule has 0 aliphatic rings. The lowest BCUT2D eigenvalue weighted by Crippen LogP contribution is -2.42. The van der Waals surface area contributed by atoms with Crippen molar-refractivity contribution in [2.75, 3.05) is 5.32 Å². The topological polar surface area (TPSA) is 87.7 Å². The molecule has 0 aliphatic carbocycles. The highest BCUT2D eigenvalue weighted by Gasteiger charge is 2.33. The van der Waals surface area contributed by atoms with Crippen LogP contribution in [0.3, 0.4) is 0 Å². The second kappa shape index (κ2) is 6.23. The van der Waals surface area contributed by atoms with Crippen LogP contribution in [0.5, 0.6) is 0 Å². The van der Waals surface area contributed by atoms with E-state index in [1.54, 1.807) is 26.0 Å². The van der Waals surface area contributed by atoms with Crippen LogP contribution in [0.15, 0.2) is 30.7 Å². The zero-order valence-electron chi connectivity index (χ0n) is 10.2. The number of oxime groups is 1. The maximum atomic E-state index is 12.2. The number of halogens is 3. The number of rotatable bonds is 3. The minimum absolute atomic E-state index is 0.158. The van der Waals surface area contributed by atoms with Crippen LogP contribution in [-0.4, -0.2) is 17.0 Å². The van der Waals surface area contributed by atoms with Gasteiger partial charge in [0, 0.05) is 13.4 Å². The Bertz CT molecular complexity index is 521. The minimum Gasteiger partial charge on any atom is -0.409 e. The van der Waals surface area contributed by atoms with E-state index in [0.29, 0.717) is 14.6 Å². The van der Waals surface area contributed by atoms with Crippen LogP contribution in [0.25, 0.3) is 0 Å². The van der Waals surface area contributed by atoms with Crippen molar-refractivity contribution in [3.8, 4) is 0 Å². The van der Waals surface area contributed by atoms with Gasteiger partial charge in [-0.3, -0.25) is 4.79 Å². The molecule has 19 heavy (non-hydrogen) atoms. The summed E-state index contributed by atoms with van der Waals surface area (Å²) in [7, 11) is 0. The van der Waals surface area contributed by atoms with Crippen molar-refractivity contribution in [2.45, 2.75) is 13.8 Å². The van der Waals surface area contributed by atoms with Gasteiger partial charge in [-0.1, -0.05) is 21.1 Å².